The SMILES string of the molecule is CCc1nc2cccc3c2n1-c1ccc(-c2ccc4c(-c5ccccc5)c5ccccc5c(-c5cccc(-c6ccccc6)c5)c4c2)cc1P3(=O)c1ccccc1. The summed E-state index contributed by atoms with van der Waals surface area (Å²) in [6.45, 7) is 2.14. The molecule has 0 fully saturated rings. The van der Waals surface area contributed by atoms with Gasteiger partial charge in [0, 0.05) is 22.3 Å². The minimum Gasteiger partial charge on any atom is -0.308 e. The number of hydrogen-bond donors (Lipinski definition) is 0. The Hall–Kier alpha value is -6.80. The third-order valence-electron chi connectivity index (χ3n) is 11.7. The molecule has 0 aliphatic carbocycles. The first-order valence-corrected chi connectivity index (χ1v) is 21.3. The van der Waals surface area contributed by atoms with Gasteiger partial charge in [0.25, 0.3) is 0 Å². The standard InChI is InChI=1S/C53H37N2OP/c1-2-50-54-46-26-15-27-48-53(46)55(50)47-31-29-39(34-49(47)57(48,56)41-22-10-5-11-23-41)38-28-30-44-45(33-38)52(40-21-14-20-37(32-40)35-16-6-3-7-17-35)43-25-13-12-24-42(43)51(44)36-18-8-4-9-19-36/h3-34H,2H2,1H3. The lowest BCUT2D eigenvalue weighted by Crippen LogP contribution is -2.33. The van der Waals surface area contributed by atoms with Gasteiger partial charge in [-0.25, -0.2) is 4.98 Å². The van der Waals surface area contributed by atoms with Gasteiger partial charge in [-0.15, -0.1) is 0 Å². The van der Waals surface area contributed by atoms with E-state index in [0.29, 0.717) is 0 Å². The van der Waals surface area contributed by atoms with Crippen LogP contribution in [-0.2, 0) is 11.0 Å². The van der Waals surface area contributed by atoms with Crippen molar-refractivity contribution in [2.75, 3.05) is 0 Å². The molecule has 2 heterocycles. The topological polar surface area (TPSA) is 34.9 Å². The number of rotatable bonds is 6. The van der Waals surface area contributed by atoms with Crippen LogP contribution in [0.2, 0.25) is 0 Å². The molecular formula is C53H37N2OP. The van der Waals surface area contributed by atoms with Crippen LogP contribution in [0.3, 0.4) is 0 Å². The molecule has 0 spiro atoms. The zero-order chi connectivity index (χ0) is 38.1. The van der Waals surface area contributed by atoms with Gasteiger partial charge >= 0.3 is 0 Å². The average Bonchev–Trinajstić information content (AvgIpc) is 3.67. The maximum absolute atomic E-state index is 16.1. The normalized spacial score (nSPS) is 14.6. The molecule has 1 aliphatic rings. The van der Waals surface area contributed by atoms with E-state index in [0.717, 1.165) is 56.0 Å². The zero-order valence-electron chi connectivity index (χ0n) is 31.4. The minimum atomic E-state index is -3.29. The molecule has 1 aromatic heterocycles. The highest BCUT2D eigenvalue weighted by molar-refractivity contribution is 7.86. The second kappa shape index (κ2) is 13.2. The average molecular weight is 749 g/mol. The molecule has 0 bridgehead atoms. The molecule has 57 heavy (non-hydrogen) atoms. The van der Waals surface area contributed by atoms with Crippen molar-refractivity contribution in [1.29, 1.82) is 0 Å². The van der Waals surface area contributed by atoms with Gasteiger partial charge in [0.05, 0.1) is 16.7 Å². The van der Waals surface area contributed by atoms with E-state index in [1.165, 1.54) is 54.9 Å². The first kappa shape index (κ1) is 33.5. The van der Waals surface area contributed by atoms with Crippen LogP contribution in [0, 0.1) is 0 Å². The van der Waals surface area contributed by atoms with Gasteiger partial charge in [0.2, 0.25) is 0 Å². The van der Waals surface area contributed by atoms with Gasteiger partial charge in [-0.3, -0.25) is 4.57 Å². The second-order valence-electron chi connectivity index (χ2n) is 14.9. The van der Waals surface area contributed by atoms with Crippen molar-refractivity contribution in [3.8, 4) is 50.2 Å². The Balaban J connectivity index is 1.20. The molecule has 0 N–H and O–H groups in total. The fraction of sp³-hybridized carbons (Fsp3) is 0.0377. The molecular weight excluding hydrogens is 712 g/mol. The monoisotopic (exact) mass is 748 g/mol. The Kier molecular flexibility index (Phi) is 7.74. The Morgan fingerprint density at radius 1 is 0.456 bits per heavy atom. The smallest absolute Gasteiger partial charge is 0.175 e. The highest BCUT2D eigenvalue weighted by atomic mass is 31.2. The summed E-state index contributed by atoms with van der Waals surface area (Å²) in [5.74, 6) is 0.971. The van der Waals surface area contributed by atoms with Crippen LogP contribution in [-0.4, -0.2) is 9.55 Å². The molecule has 1 atom stereocenters. The maximum atomic E-state index is 16.1. The molecule has 9 aromatic carbocycles. The third kappa shape index (κ3) is 5.13. The fourth-order valence-corrected chi connectivity index (χ4v) is 12.2. The number of hydrogen-bond acceptors (Lipinski definition) is 2. The van der Waals surface area contributed by atoms with Crippen molar-refractivity contribution in [2.45, 2.75) is 13.3 Å². The van der Waals surface area contributed by atoms with Crippen molar-refractivity contribution in [3.63, 3.8) is 0 Å². The second-order valence-corrected chi connectivity index (χ2v) is 17.6. The van der Waals surface area contributed by atoms with E-state index < -0.39 is 7.14 Å². The molecule has 4 heteroatoms. The van der Waals surface area contributed by atoms with Crippen LogP contribution in [0.25, 0.3) is 82.8 Å². The molecule has 0 saturated carbocycles. The molecule has 0 radical (unpaired) electrons. The van der Waals surface area contributed by atoms with Gasteiger partial charge in [-0.2, -0.15) is 0 Å². The summed E-state index contributed by atoms with van der Waals surface area (Å²) < 4.78 is 18.3. The van der Waals surface area contributed by atoms with Gasteiger partial charge in [-0.05, 0) is 102 Å². The number of nitrogens with zero attached hydrogens (tertiary/aromatic N) is 2. The van der Waals surface area contributed by atoms with Crippen LogP contribution < -0.4 is 15.9 Å². The summed E-state index contributed by atoms with van der Waals surface area (Å²) in [4.78, 5) is 5.04. The summed E-state index contributed by atoms with van der Waals surface area (Å²) in [5.41, 5.74) is 12.0. The van der Waals surface area contributed by atoms with Gasteiger partial charge in [0.15, 0.2) is 7.14 Å². The number of aromatic nitrogens is 2. The summed E-state index contributed by atoms with van der Waals surface area (Å²) in [6.07, 6.45) is 0.765. The molecule has 1 unspecified atom stereocenters. The molecule has 0 amide bonds. The van der Waals surface area contributed by atoms with Crippen molar-refractivity contribution in [1.82, 2.24) is 9.55 Å². The van der Waals surface area contributed by atoms with Gasteiger partial charge in [-0.1, -0.05) is 165 Å². The Labute approximate surface area is 331 Å². The van der Waals surface area contributed by atoms with Crippen LogP contribution in [0.5, 0.6) is 0 Å². The summed E-state index contributed by atoms with van der Waals surface area (Å²) >= 11 is 0. The van der Waals surface area contributed by atoms with Crippen molar-refractivity contribution in [3.05, 3.63) is 200 Å². The number of benzene rings is 9. The Morgan fingerprint density at radius 3 is 1.75 bits per heavy atom. The minimum absolute atomic E-state index is 0.765. The van der Waals surface area contributed by atoms with Crippen molar-refractivity contribution < 1.29 is 4.57 Å². The van der Waals surface area contributed by atoms with E-state index in [9.17, 15) is 0 Å². The van der Waals surface area contributed by atoms with Crippen LogP contribution in [0.1, 0.15) is 12.7 Å². The molecule has 1 aliphatic heterocycles. The van der Waals surface area contributed by atoms with Crippen molar-refractivity contribution in [2.24, 2.45) is 0 Å². The molecule has 270 valence electrons. The highest BCUT2D eigenvalue weighted by Crippen LogP contribution is 2.51. The van der Waals surface area contributed by atoms with Gasteiger partial charge < -0.3 is 4.57 Å². The first-order chi connectivity index (χ1) is 28.1. The first-order valence-electron chi connectivity index (χ1n) is 19.6. The Morgan fingerprint density at radius 2 is 1.02 bits per heavy atom. The van der Waals surface area contributed by atoms with Crippen LogP contribution >= 0.6 is 7.14 Å². The molecule has 11 rings (SSSR count). The lowest BCUT2D eigenvalue weighted by Gasteiger charge is -2.29. The largest absolute Gasteiger partial charge is 0.308 e. The van der Waals surface area contributed by atoms with E-state index in [1.54, 1.807) is 0 Å². The zero-order valence-corrected chi connectivity index (χ0v) is 32.3. The number of fused-ring (bicyclic) bond motifs is 4. The Bertz CT molecular complexity index is 3240. The number of imidazole rings is 1. The van der Waals surface area contributed by atoms with Crippen LogP contribution in [0.15, 0.2) is 194 Å². The van der Waals surface area contributed by atoms with E-state index in [-0.39, 0.29) is 0 Å². The van der Waals surface area contributed by atoms with E-state index >= 15 is 4.57 Å². The summed E-state index contributed by atoms with van der Waals surface area (Å²) in [6, 6.07) is 68.7. The number of aryl methyl sites for hydroxylation is 1. The van der Waals surface area contributed by atoms with Gasteiger partial charge in [0.1, 0.15) is 5.82 Å². The van der Waals surface area contributed by atoms with E-state index in [2.05, 4.69) is 157 Å². The third-order valence-corrected chi connectivity index (χ3v) is 14.8. The molecule has 0 saturated heterocycles. The summed E-state index contributed by atoms with van der Waals surface area (Å²) in [5, 5.41) is 7.32. The summed E-state index contributed by atoms with van der Waals surface area (Å²) in [7, 11) is -3.29. The molecule has 10 aromatic rings. The van der Waals surface area contributed by atoms with Crippen LogP contribution in [0.4, 0.5) is 0 Å². The quantitative estimate of drug-likeness (QED) is 0.125. The predicted octanol–water partition coefficient (Wildman–Crippen LogP) is 12.5. The fourth-order valence-electron chi connectivity index (χ4n) is 9.17. The lowest BCUT2D eigenvalue weighted by molar-refractivity contribution is 0.592. The maximum Gasteiger partial charge on any atom is 0.175 e. The molecule has 3 nitrogen and oxygen atoms in total. The number of para-hydroxylation sites is 1. The predicted molar refractivity (Wildman–Crippen MR) is 240 cm³/mol. The van der Waals surface area contributed by atoms with Crippen molar-refractivity contribution >= 4 is 55.6 Å². The lowest BCUT2D eigenvalue weighted by atomic mass is 9.84. The van der Waals surface area contributed by atoms with E-state index in [4.69, 9.17) is 4.98 Å². The highest BCUT2D eigenvalue weighted by Gasteiger charge is 2.40. The van der Waals surface area contributed by atoms with E-state index in [1.807, 2.05) is 48.5 Å².